The van der Waals surface area contributed by atoms with Gasteiger partial charge in [-0.1, -0.05) is 0 Å². The minimum absolute atomic E-state index is 0.0706. The Labute approximate surface area is 106 Å². The summed E-state index contributed by atoms with van der Waals surface area (Å²) in [5.74, 6) is -1.15. The first kappa shape index (κ1) is 12.8. The van der Waals surface area contributed by atoms with Crippen LogP contribution in [0.5, 0.6) is 0 Å². The van der Waals surface area contributed by atoms with Gasteiger partial charge in [0.05, 0.1) is 6.42 Å². The highest BCUT2D eigenvalue weighted by Crippen LogP contribution is 2.28. The molecule has 1 heterocycles. The van der Waals surface area contributed by atoms with Crippen molar-refractivity contribution in [2.75, 3.05) is 0 Å². The molecule has 1 rings (SSSR count). The van der Waals surface area contributed by atoms with Gasteiger partial charge >= 0.3 is 5.97 Å². The van der Waals surface area contributed by atoms with Crippen LogP contribution in [0.3, 0.4) is 0 Å². The van der Waals surface area contributed by atoms with Gasteiger partial charge in [-0.05, 0) is 44.6 Å². The summed E-state index contributed by atoms with van der Waals surface area (Å²) in [5.41, 5.74) is -0.218. The number of nitrogens with zero attached hydrogens (tertiary/aromatic N) is 1. The van der Waals surface area contributed by atoms with E-state index in [9.17, 15) is 13.6 Å². The van der Waals surface area contributed by atoms with Gasteiger partial charge in [0.2, 0.25) is 0 Å². The van der Waals surface area contributed by atoms with E-state index in [0.717, 1.165) is 6.07 Å². The average molecular weight is 392 g/mol. The number of carboxylic acid groups (broad SMARTS) is 1. The second-order valence-corrected chi connectivity index (χ2v) is 4.51. The molecule has 0 unspecified atom stereocenters. The predicted molar refractivity (Wildman–Crippen MR) is 61.0 cm³/mol. The molecule has 0 saturated heterocycles. The molecular formula is C8H5BrF2INO2. The number of pyridine rings is 1. The number of hydrogen-bond acceptors (Lipinski definition) is 2. The fourth-order valence-corrected chi connectivity index (χ4v) is 2.57. The Kier molecular flexibility index (Phi) is 4.38. The van der Waals surface area contributed by atoms with Crippen molar-refractivity contribution in [3.63, 3.8) is 0 Å². The number of rotatable bonds is 3. The summed E-state index contributed by atoms with van der Waals surface area (Å²) in [6.07, 6.45) is -3.15. The second kappa shape index (κ2) is 5.15. The van der Waals surface area contributed by atoms with Crippen molar-refractivity contribution >= 4 is 44.5 Å². The molecule has 0 bridgehead atoms. The normalized spacial score (nSPS) is 10.7. The van der Waals surface area contributed by atoms with Gasteiger partial charge in [0.15, 0.2) is 0 Å². The molecule has 0 aliphatic carbocycles. The van der Waals surface area contributed by atoms with Crippen molar-refractivity contribution in [2.45, 2.75) is 12.8 Å². The Hall–Kier alpha value is -0.310. The number of halogens is 4. The monoisotopic (exact) mass is 391 g/mol. The summed E-state index contributed by atoms with van der Waals surface area (Å²) in [6, 6.07) is 1.14. The second-order valence-electron chi connectivity index (χ2n) is 2.67. The molecular weight excluding hydrogens is 387 g/mol. The van der Waals surface area contributed by atoms with Crippen LogP contribution in [0.1, 0.15) is 17.6 Å². The third-order valence-electron chi connectivity index (χ3n) is 1.64. The van der Waals surface area contributed by atoms with E-state index in [4.69, 9.17) is 5.11 Å². The lowest BCUT2D eigenvalue weighted by atomic mass is 10.1. The van der Waals surface area contributed by atoms with E-state index < -0.39 is 18.8 Å². The molecule has 1 N–H and O–H groups in total. The minimum atomic E-state index is -2.70. The summed E-state index contributed by atoms with van der Waals surface area (Å²) in [6.45, 7) is 0. The van der Waals surface area contributed by atoms with Gasteiger partial charge in [0, 0.05) is 11.1 Å². The first-order chi connectivity index (χ1) is 6.91. The van der Waals surface area contributed by atoms with Crippen molar-refractivity contribution in [3.8, 4) is 0 Å². The third kappa shape index (κ3) is 3.33. The smallest absolute Gasteiger partial charge is 0.307 e. The van der Waals surface area contributed by atoms with Gasteiger partial charge in [-0.2, -0.15) is 0 Å². The van der Waals surface area contributed by atoms with Crippen molar-refractivity contribution in [1.82, 2.24) is 4.98 Å². The van der Waals surface area contributed by atoms with Gasteiger partial charge < -0.3 is 5.11 Å². The number of alkyl halides is 2. The molecule has 0 aromatic carbocycles. The fourth-order valence-electron chi connectivity index (χ4n) is 1.05. The molecule has 15 heavy (non-hydrogen) atoms. The zero-order valence-electron chi connectivity index (χ0n) is 7.18. The maximum atomic E-state index is 12.6. The quantitative estimate of drug-likeness (QED) is 0.636. The molecule has 0 amide bonds. The van der Waals surface area contributed by atoms with E-state index in [1.54, 1.807) is 22.6 Å². The zero-order valence-corrected chi connectivity index (χ0v) is 10.9. The van der Waals surface area contributed by atoms with E-state index in [-0.39, 0.29) is 19.4 Å². The lowest BCUT2D eigenvalue weighted by Crippen LogP contribution is -2.08. The van der Waals surface area contributed by atoms with E-state index in [2.05, 4.69) is 20.9 Å². The van der Waals surface area contributed by atoms with Crippen LogP contribution in [0.15, 0.2) is 10.7 Å². The number of aromatic nitrogens is 1. The molecule has 0 fully saturated rings. The molecule has 0 aliphatic rings. The van der Waals surface area contributed by atoms with E-state index in [1.165, 1.54) is 0 Å². The summed E-state index contributed by atoms with van der Waals surface area (Å²) in [4.78, 5) is 14.4. The van der Waals surface area contributed by atoms with Gasteiger partial charge in [0.1, 0.15) is 8.30 Å². The van der Waals surface area contributed by atoms with Crippen LogP contribution in [0.25, 0.3) is 0 Å². The third-order valence-corrected chi connectivity index (χ3v) is 2.94. The van der Waals surface area contributed by atoms with E-state index >= 15 is 0 Å². The van der Waals surface area contributed by atoms with Crippen LogP contribution >= 0.6 is 38.5 Å². The largest absolute Gasteiger partial charge is 0.481 e. The Bertz CT molecular complexity index is 400. The highest BCUT2D eigenvalue weighted by atomic mass is 127. The van der Waals surface area contributed by atoms with Crippen LogP contribution < -0.4 is 0 Å². The topological polar surface area (TPSA) is 50.2 Å². The highest BCUT2D eigenvalue weighted by Gasteiger charge is 2.19. The summed E-state index contributed by atoms with van der Waals surface area (Å²) in [7, 11) is 0. The first-order valence-corrected chi connectivity index (χ1v) is 5.63. The van der Waals surface area contributed by atoms with Crippen molar-refractivity contribution in [3.05, 3.63) is 25.5 Å². The van der Waals surface area contributed by atoms with Gasteiger partial charge in [-0.25, -0.2) is 13.8 Å². The summed E-state index contributed by atoms with van der Waals surface area (Å²) in [5, 5.41) is 8.58. The molecule has 0 aliphatic heterocycles. The van der Waals surface area contributed by atoms with Gasteiger partial charge in [-0.3, -0.25) is 4.79 Å². The van der Waals surface area contributed by atoms with Crippen LogP contribution in [0.4, 0.5) is 8.78 Å². The van der Waals surface area contributed by atoms with Gasteiger partial charge in [0.25, 0.3) is 6.43 Å². The van der Waals surface area contributed by atoms with Crippen LogP contribution in [0.2, 0.25) is 0 Å². The Balaban J connectivity index is 3.26. The predicted octanol–water partition coefficient (Wildman–Crippen LogP) is 3.01. The molecule has 0 spiro atoms. The molecule has 0 atom stereocenters. The Morgan fingerprint density at radius 2 is 2.27 bits per heavy atom. The maximum absolute atomic E-state index is 12.6. The molecule has 1 aromatic heterocycles. The first-order valence-electron chi connectivity index (χ1n) is 3.76. The standard InChI is InChI=1S/C8H5BrF2INO2/c9-5-1-3(7(10)11)4(2-6(14)15)8(12)13-5/h1,7H,2H2,(H,14,15). The highest BCUT2D eigenvalue weighted by molar-refractivity contribution is 14.1. The Morgan fingerprint density at radius 1 is 1.67 bits per heavy atom. The molecule has 1 aromatic rings. The fraction of sp³-hybridized carbons (Fsp3) is 0.250. The summed E-state index contributed by atoms with van der Waals surface area (Å²) < 4.78 is 25.7. The summed E-state index contributed by atoms with van der Waals surface area (Å²) >= 11 is 4.73. The molecule has 3 nitrogen and oxygen atoms in total. The molecule has 7 heteroatoms. The van der Waals surface area contributed by atoms with E-state index in [0.29, 0.717) is 0 Å². The lowest BCUT2D eigenvalue weighted by Gasteiger charge is -2.09. The van der Waals surface area contributed by atoms with Crippen LogP contribution in [-0.4, -0.2) is 16.1 Å². The SMILES string of the molecule is O=C(O)Cc1c(C(F)F)cc(Br)nc1I. The van der Waals surface area contributed by atoms with Crippen molar-refractivity contribution in [1.29, 1.82) is 0 Å². The van der Waals surface area contributed by atoms with E-state index in [1.807, 2.05) is 0 Å². The van der Waals surface area contributed by atoms with Crippen molar-refractivity contribution < 1.29 is 18.7 Å². The lowest BCUT2D eigenvalue weighted by molar-refractivity contribution is -0.136. The number of carboxylic acids is 1. The number of aliphatic carboxylic acids is 1. The van der Waals surface area contributed by atoms with Crippen molar-refractivity contribution in [2.24, 2.45) is 0 Å². The van der Waals surface area contributed by atoms with Crippen LogP contribution in [-0.2, 0) is 11.2 Å². The molecule has 0 saturated carbocycles. The maximum Gasteiger partial charge on any atom is 0.307 e. The average Bonchev–Trinajstić information content (AvgIpc) is 2.08. The minimum Gasteiger partial charge on any atom is -0.481 e. The molecule has 82 valence electrons. The number of carbonyl (C=O) groups is 1. The Morgan fingerprint density at radius 3 is 2.73 bits per heavy atom. The number of hydrogen-bond donors (Lipinski definition) is 1. The molecule has 0 radical (unpaired) electrons. The van der Waals surface area contributed by atoms with Gasteiger partial charge in [-0.15, -0.1) is 0 Å². The zero-order chi connectivity index (χ0) is 11.6. The van der Waals surface area contributed by atoms with Crippen LogP contribution in [0, 0.1) is 3.70 Å².